The number of fused-ring (bicyclic) bond motifs is 2. The third-order valence-electron chi connectivity index (χ3n) is 7.67. The maximum Gasteiger partial charge on any atom is 0.262 e. The van der Waals surface area contributed by atoms with E-state index < -0.39 is 10.8 Å². The first-order valence-electron chi connectivity index (χ1n) is 13.8. The Morgan fingerprint density at radius 1 is 1.05 bits per heavy atom. The topological polar surface area (TPSA) is 33.4 Å². The lowest BCUT2D eigenvalue weighted by atomic mass is 9.81. The van der Waals surface area contributed by atoms with Crippen LogP contribution in [0.5, 0.6) is 0 Å². The molecule has 3 aromatic carbocycles. The number of hydrogen-bond donors (Lipinski definition) is 0. The fourth-order valence-corrected chi connectivity index (χ4v) is 8.83. The van der Waals surface area contributed by atoms with E-state index in [4.69, 9.17) is 4.18 Å². The summed E-state index contributed by atoms with van der Waals surface area (Å²) in [4.78, 5) is 5.50. The molecule has 4 nitrogen and oxygen atoms in total. The maximum absolute atomic E-state index is 12.0. The molecule has 42 heavy (non-hydrogen) atoms. The van der Waals surface area contributed by atoms with Crippen LogP contribution in [0.2, 0.25) is 0 Å². The first-order chi connectivity index (χ1) is 20.4. The van der Waals surface area contributed by atoms with E-state index in [1.54, 1.807) is 36.5 Å². The predicted molar refractivity (Wildman–Crippen MR) is 181 cm³/mol. The molecule has 2 atom stereocenters. The number of benzene rings is 3. The van der Waals surface area contributed by atoms with Crippen molar-refractivity contribution in [2.75, 3.05) is 25.3 Å². The van der Waals surface area contributed by atoms with Gasteiger partial charge in [0.1, 0.15) is 11.7 Å². The molecular weight excluding hydrogens is 597 g/mol. The van der Waals surface area contributed by atoms with E-state index in [1.807, 2.05) is 6.07 Å². The van der Waals surface area contributed by atoms with Crippen LogP contribution in [0.1, 0.15) is 29.3 Å². The van der Waals surface area contributed by atoms with E-state index in [9.17, 15) is 4.21 Å². The molecule has 0 radical (unpaired) electrons. The summed E-state index contributed by atoms with van der Waals surface area (Å²) >= 11 is 4.94. The second kappa shape index (κ2) is 12.8. The van der Waals surface area contributed by atoms with Crippen molar-refractivity contribution in [1.29, 1.82) is 0 Å². The van der Waals surface area contributed by atoms with Gasteiger partial charge in [0, 0.05) is 63.0 Å². The van der Waals surface area contributed by atoms with Crippen molar-refractivity contribution >= 4 is 67.9 Å². The van der Waals surface area contributed by atoms with Gasteiger partial charge in [-0.1, -0.05) is 71.7 Å². The van der Waals surface area contributed by atoms with Gasteiger partial charge < -0.3 is 9.08 Å². The van der Waals surface area contributed by atoms with Gasteiger partial charge in [-0.25, -0.2) is 0 Å². The zero-order valence-electron chi connectivity index (χ0n) is 24.1. The highest BCUT2D eigenvalue weighted by Crippen LogP contribution is 2.46. The standard InChI is InChI=1S/C34H33N2O2S4/c1-35-29-14-12-27(41-38-3)21-31(29)39-33(35)16-10-23-18-24(20-26(19-23)25-8-6-5-7-9-25)11-17-34-36(2)30-15-13-28(42(4)37)22-32(30)40-34/h5-18,21-22,26H,19-20H2,1-4H3/q+1. The number of thiazole rings is 1. The molecule has 1 aliphatic carbocycles. The van der Waals surface area contributed by atoms with Gasteiger partial charge in [-0.15, -0.1) is 0 Å². The zero-order chi connectivity index (χ0) is 29.2. The largest absolute Gasteiger partial charge is 0.338 e. The molecule has 214 valence electrons. The molecule has 1 aromatic heterocycles. The Bertz CT molecular complexity index is 1790. The second-order valence-corrected chi connectivity index (χ2v) is 14.9. The molecule has 0 spiro atoms. The molecular formula is C34H33N2O2S4+. The first-order valence-corrected chi connectivity index (χ1v) is 17.7. The van der Waals surface area contributed by atoms with Crippen molar-refractivity contribution in [1.82, 2.24) is 0 Å². The van der Waals surface area contributed by atoms with Gasteiger partial charge in [0.25, 0.3) is 5.01 Å². The lowest BCUT2D eigenvalue weighted by Gasteiger charge is -2.24. The molecule has 1 aliphatic heterocycles. The van der Waals surface area contributed by atoms with Crippen LogP contribution in [0.3, 0.4) is 0 Å². The Morgan fingerprint density at radius 3 is 2.67 bits per heavy atom. The minimum Gasteiger partial charge on any atom is -0.338 e. The lowest BCUT2D eigenvalue weighted by Crippen LogP contribution is -2.28. The van der Waals surface area contributed by atoms with Gasteiger partial charge in [0.15, 0.2) is 0 Å². The molecule has 0 amide bonds. The van der Waals surface area contributed by atoms with Crippen molar-refractivity contribution < 1.29 is 13.0 Å². The average molecular weight is 630 g/mol. The van der Waals surface area contributed by atoms with Crippen molar-refractivity contribution in [3.63, 3.8) is 0 Å². The number of rotatable bonds is 7. The highest BCUT2D eigenvalue weighted by molar-refractivity contribution is 8.03. The number of aromatic nitrogens is 1. The molecule has 2 unspecified atom stereocenters. The minimum atomic E-state index is -0.987. The Hall–Kier alpha value is -2.88. The van der Waals surface area contributed by atoms with Gasteiger partial charge in [-0.3, -0.25) is 4.21 Å². The van der Waals surface area contributed by atoms with E-state index in [0.717, 1.165) is 32.8 Å². The predicted octanol–water partition coefficient (Wildman–Crippen LogP) is 8.64. The summed E-state index contributed by atoms with van der Waals surface area (Å²) < 4.78 is 20.6. The summed E-state index contributed by atoms with van der Waals surface area (Å²) in [5, 5.41) is 2.39. The van der Waals surface area contributed by atoms with E-state index in [-0.39, 0.29) is 0 Å². The number of hydrogen-bond acceptors (Lipinski definition) is 6. The van der Waals surface area contributed by atoms with E-state index in [2.05, 4.69) is 115 Å². The Labute approximate surface area is 263 Å². The zero-order valence-corrected chi connectivity index (χ0v) is 27.3. The Balaban J connectivity index is 1.30. The van der Waals surface area contributed by atoms with Gasteiger partial charge in [-0.05, 0) is 71.9 Å². The molecule has 0 fully saturated rings. The van der Waals surface area contributed by atoms with Crippen LogP contribution >= 0.6 is 35.1 Å². The fraction of sp³-hybridized carbons (Fsp3) is 0.206. The quantitative estimate of drug-likeness (QED) is 0.151. The smallest absolute Gasteiger partial charge is 0.262 e. The first kappa shape index (κ1) is 29.2. The van der Waals surface area contributed by atoms with Crippen LogP contribution in [-0.2, 0) is 22.0 Å². The molecule has 0 bridgehead atoms. The molecule has 2 heterocycles. The summed E-state index contributed by atoms with van der Waals surface area (Å²) in [5.74, 6) is 0.429. The Kier molecular flexibility index (Phi) is 8.88. The van der Waals surface area contributed by atoms with Gasteiger partial charge in [0.05, 0.1) is 17.8 Å². The number of nitrogens with zero attached hydrogens (tertiary/aromatic N) is 2. The molecule has 8 heteroatoms. The normalized spacial score (nSPS) is 19.7. The number of allylic oxidation sites excluding steroid dienone is 6. The summed E-state index contributed by atoms with van der Waals surface area (Å²) in [6, 6.07) is 23.4. The summed E-state index contributed by atoms with van der Waals surface area (Å²) in [6.45, 7) is 0. The monoisotopic (exact) mass is 629 g/mol. The van der Waals surface area contributed by atoms with Crippen LogP contribution in [0, 0.1) is 0 Å². The highest BCUT2D eigenvalue weighted by atomic mass is 32.2. The van der Waals surface area contributed by atoms with Crippen LogP contribution in [0.4, 0.5) is 5.69 Å². The van der Waals surface area contributed by atoms with Crippen LogP contribution < -0.4 is 9.47 Å². The molecule has 6 rings (SSSR count). The SMILES string of the molecule is COSc1ccc2c(c1)SC(=CC=C1C=C(C=Cc3sc4cc(S(C)=O)ccc4[n+]3C)CC(c3ccccc3)C1)N2C. The van der Waals surface area contributed by atoms with Crippen molar-refractivity contribution in [3.05, 3.63) is 118 Å². The summed E-state index contributed by atoms with van der Waals surface area (Å²) in [5.41, 5.74) is 6.42. The minimum absolute atomic E-state index is 0.429. The van der Waals surface area contributed by atoms with Crippen molar-refractivity contribution in [2.45, 2.75) is 33.4 Å². The number of aryl methyl sites for hydroxylation is 1. The van der Waals surface area contributed by atoms with Crippen LogP contribution in [-0.4, -0.2) is 24.6 Å². The number of anilines is 1. The highest BCUT2D eigenvalue weighted by Gasteiger charge is 2.23. The van der Waals surface area contributed by atoms with Gasteiger partial charge >= 0.3 is 0 Å². The average Bonchev–Trinajstić information content (AvgIpc) is 3.50. The maximum atomic E-state index is 12.0. The molecule has 2 aliphatic rings. The van der Waals surface area contributed by atoms with E-state index >= 15 is 0 Å². The lowest BCUT2D eigenvalue weighted by molar-refractivity contribution is -0.642. The molecule has 4 aromatic rings. The second-order valence-electron chi connectivity index (χ2n) is 10.4. The summed E-state index contributed by atoms with van der Waals surface area (Å²) in [7, 11) is 4.95. The fourth-order valence-electron chi connectivity index (χ4n) is 5.47. The van der Waals surface area contributed by atoms with Gasteiger partial charge in [-0.2, -0.15) is 4.57 Å². The van der Waals surface area contributed by atoms with Crippen molar-refractivity contribution in [3.8, 4) is 0 Å². The van der Waals surface area contributed by atoms with E-state index in [1.165, 1.54) is 49.4 Å². The third-order valence-corrected chi connectivity index (χ3v) is 11.5. The molecule has 0 saturated heterocycles. The van der Waals surface area contributed by atoms with Crippen LogP contribution in [0.25, 0.3) is 16.3 Å². The number of thioether (sulfide) groups is 1. The third kappa shape index (κ3) is 6.24. The molecule has 0 saturated carbocycles. The van der Waals surface area contributed by atoms with Gasteiger partial charge in [0.2, 0.25) is 5.52 Å². The summed E-state index contributed by atoms with van der Waals surface area (Å²) in [6.07, 6.45) is 15.2. The Morgan fingerprint density at radius 2 is 1.88 bits per heavy atom. The van der Waals surface area contributed by atoms with Crippen molar-refractivity contribution in [2.24, 2.45) is 7.05 Å². The van der Waals surface area contributed by atoms with Crippen LogP contribution in [0.15, 0.2) is 122 Å². The molecule has 0 N–H and O–H groups in total. The van der Waals surface area contributed by atoms with E-state index in [0.29, 0.717) is 5.92 Å².